The standard InChI is InChI=1S/C9H16O2.C8H14O2/c1-4-5-6-7-11-9(10)8(2)3;1-3-5-6-7-10-8(9)4-2/h2,4-7H2,1,3H3;4H,2-3,5-7H2,1H3. The Labute approximate surface area is 129 Å². The summed E-state index contributed by atoms with van der Waals surface area (Å²) in [5.41, 5.74) is 0.474. The molecule has 0 N–H and O–H groups in total. The zero-order valence-electron chi connectivity index (χ0n) is 13.8. The van der Waals surface area contributed by atoms with Crippen molar-refractivity contribution in [1.82, 2.24) is 0 Å². The van der Waals surface area contributed by atoms with E-state index in [0.29, 0.717) is 18.8 Å². The number of carbonyl (C=O) groups is 2. The lowest BCUT2D eigenvalue weighted by Crippen LogP contribution is -2.05. The summed E-state index contributed by atoms with van der Waals surface area (Å²) in [6, 6.07) is 0. The number of carbonyl (C=O) groups excluding carboxylic acids is 2. The fourth-order valence-electron chi connectivity index (χ4n) is 1.22. The van der Waals surface area contributed by atoms with Gasteiger partial charge in [-0.1, -0.05) is 52.7 Å². The quantitative estimate of drug-likeness (QED) is 0.344. The van der Waals surface area contributed by atoms with E-state index >= 15 is 0 Å². The summed E-state index contributed by atoms with van der Waals surface area (Å²) >= 11 is 0. The third kappa shape index (κ3) is 18.4. The largest absolute Gasteiger partial charge is 0.463 e. The van der Waals surface area contributed by atoms with Crippen molar-refractivity contribution in [2.24, 2.45) is 0 Å². The predicted octanol–water partition coefficient (Wildman–Crippen LogP) is 4.20. The molecule has 4 heteroatoms. The van der Waals surface area contributed by atoms with E-state index in [9.17, 15) is 9.59 Å². The minimum Gasteiger partial charge on any atom is -0.463 e. The van der Waals surface area contributed by atoms with Crippen LogP contribution in [0.4, 0.5) is 0 Å². The number of hydrogen-bond donors (Lipinski definition) is 0. The average molecular weight is 298 g/mol. The third-order valence-corrected chi connectivity index (χ3v) is 2.49. The van der Waals surface area contributed by atoms with Gasteiger partial charge < -0.3 is 9.47 Å². The summed E-state index contributed by atoms with van der Waals surface area (Å²) in [4.78, 5) is 21.2. The maximum atomic E-state index is 10.8. The smallest absolute Gasteiger partial charge is 0.333 e. The molecule has 0 heterocycles. The van der Waals surface area contributed by atoms with Crippen LogP contribution in [0.5, 0.6) is 0 Å². The highest BCUT2D eigenvalue weighted by atomic mass is 16.5. The van der Waals surface area contributed by atoms with E-state index in [-0.39, 0.29) is 11.9 Å². The SMILES string of the molecule is C=C(C)C(=O)OCCCCC.C=CC(=O)OCCCCC. The molecule has 0 aliphatic rings. The molecule has 0 radical (unpaired) electrons. The topological polar surface area (TPSA) is 52.6 Å². The van der Waals surface area contributed by atoms with E-state index < -0.39 is 0 Å². The third-order valence-electron chi connectivity index (χ3n) is 2.49. The number of hydrogen-bond acceptors (Lipinski definition) is 4. The average Bonchev–Trinajstić information content (AvgIpc) is 2.48. The Morgan fingerprint density at radius 3 is 1.81 bits per heavy atom. The van der Waals surface area contributed by atoms with Crippen LogP contribution >= 0.6 is 0 Å². The molecule has 0 bridgehead atoms. The molecule has 0 aliphatic carbocycles. The Kier molecular flexibility index (Phi) is 17.0. The first kappa shape index (κ1) is 21.7. The van der Waals surface area contributed by atoms with Crippen molar-refractivity contribution in [3.8, 4) is 0 Å². The van der Waals surface area contributed by atoms with Crippen LogP contribution in [0, 0.1) is 0 Å². The molecule has 0 saturated carbocycles. The molecule has 0 saturated heterocycles. The lowest BCUT2D eigenvalue weighted by atomic mass is 10.3. The molecule has 21 heavy (non-hydrogen) atoms. The van der Waals surface area contributed by atoms with Gasteiger partial charge in [0.1, 0.15) is 0 Å². The second kappa shape index (κ2) is 16.5. The van der Waals surface area contributed by atoms with E-state index in [1.165, 1.54) is 6.08 Å². The Hall–Kier alpha value is -1.58. The van der Waals surface area contributed by atoms with Gasteiger partial charge in [-0.2, -0.15) is 0 Å². The van der Waals surface area contributed by atoms with Crippen molar-refractivity contribution in [2.45, 2.75) is 59.3 Å². The maximum Gasteiger partial charge on any atom is 0.333 e. The van der Waals surface area contributed by atoms with Crippen molar-refractivity contribution >= 4 is 11.9 Å². The van der Waals surface area contributed by atoms with Crippen LogP contribution in [0.25, 0.3) is 0 Å². The van der Waals surface area contributed by atoms with E-state index in [1.807, 2.05) is 0 Å². The van der Waals surface area contributed by atoms with Crippen molar-refractivity contribution in [3.63, 3.8) is 0 Å². The maximum absolute atomic E-state index is 10.8. The molecule has 0 atom stereocenters. The molecule has 0 aromatic rings. The van der Waals surface area contributed by atoms with Gasteiger partial charge >= 0.3 is 11.9 Å². The molecule has 0 aromatic carbocycles. The molecule has 4 nitrogen and oxygen atoms in total. The first-order valence-electron chi connectivity index (χ1n) is 7.61. The second-order valence-electron chi connectivity index (χ2n) is 4.70. The normalized spacial score (nSPS) is 9.10. The first-order chi connectivity index (χ1) is 9.99. The van der Waals surface area contributed by atoms with Gasteiger partial charge in [0.15, 0.2) is 0 Å². The summed E-state index contributed by atoms with van der Waals surface area (Å²) in [5.74, 6) is -0.600. The van der Waals surface area contributed by atoms with Crippen LogP contribution < -0.4 is 0 Å². The number of ether oxygens (including phenoxy) is 2. The van der Waals surface area contributed by atoms with Gasteiger partial charge in [-0.15, -0.1) is 0 Å². The summed E-state index contributed by atoms with van der Waals surface area (Å²) in [6.45, 7) is 13.7. The highest BCUT2D eigenvalue weighted by Crippen LogP contribution is 1.97. The Balaban J connectivity index is 0. The van der Waals surface area contributed by atoms with Gasteiger partial charge in [0.25, 0.3) is 0 Å². The highest BCUT2D eigenvalue weighted by molar-refractivity contribution is 5.86. The molecule has 0 rings (SSSR count). The minimum absolute atomic E-state index is 0.277. The van der Waals surface area contributed by atoms with Gasteiger partial charge in [0.05, 0.1) is 13.2 Å². The van der Waals surface area contributed by atoms with E-state index in [0.717, 1.165) is 38.5 Å². The van der Waals surface area contributed by atoms with Crippen LogP contribution in [0.1, 0.15) is 59.3 Å². The molecular formula is C17H30O4. The van der Waals surface area contributed by atoms with Crippen LogP contribution in [0.15, 0.2) is 24.8 Å². The Morgan fingerprint density at radius 2 is 1.43 bits per heavy atom. The summed E-state index contributed by atoms with van der Waals surface area (Å²) in [5, 5.41) is 0. The van der Waals surface area contributed by atoms with E-state index in [4.69, 9.17) is 9.47 Å². The summed E-state index contributed by atoms with van der Waals surface area (Å²) in [7, 11) is 0. The first-order valence-corrected chi connectivity index (χ1v) is 7.61. The lowest BCUT2D eigenvalue weighted by molar-refractivity contribution is -0.139. The molecule has 0 aromatic heterocycles. The number of unbranched alkanes of at least 4 members (excludes halogenated alkanes) is 4. The predicted molar refractivity (Wildman–Crippen MR) is 86.0 cm³/mol. The Bertz CT molecular complexity index is 308. The van der Waals surface area contributed by atoms with Crippen molar-refractivity contribution in [2.75, 3.05) is 13.2 Å². The molecule has 0 aliphatic heterocycles. The molecular weight excluding hydrogens is 268 g/mol. The minimum atomic E-state index is -0.323. The lowest BCUT2D eigenvalue weighted by Gasteiger charge is -2.02. The van der Waals surface area contributed by atoms with E-state index in [1.54, 1.807) is 6.92 Å². The molecule has 0 unspecified atom stereocenters. The summed E-state index contributed by atoms with van der Waals surface area (Å²) < 4.78 is 9.60. The highest BCUT2D eigenvalue weighted by Gasteiger charge is 2.00. The van der Waals surface area contributed by atoms with Gasteiger partial charge in [-0.3, -0.25) is 0 Å². The summed E-state index contributed by atoms with van der Waals surface area (Å²) in [6.07, 6.45) is 7.61. The monoisotopic (exact) mass is 298 g/mol. The van der Waals surface area contributed by atoms with Gasteiger partial charge in [-0.05, 0) is 19.8 Å². The van der Waals surface area contributed by atoms with Crippen molar-refractivity contribution in [3.05, 3.63) is 24.8 Å². The van der Waals surface area contributed by atoms with Crippen LogP contribution in [0.3, 0.4) is 0 Å². The van der Waals surface area contributed by atoms with E-state index in [2.05, 4.69) is 27.0 Å². The van der Waals surface area contributed by atoms with Crippen LogP contribution in [-0.4, -0.2) is 25.2 Å². The number of rotatable bonds is 10. The zero-order chi connectivity index (χ0) is 16.5. The van der Waals surface area contributed by atoms with Crippen LogP contribution in [0.2, 0.25) is 0 Å². The molecule has 0 amide bonds. The fraction of sp³-hybridized carbons (Fsp3) is 0.647. The van der Waals surface area contributed by atoms with Gasteiger partial charge in [0.2, 0.25) is 0 Å². The molecule has 122 valence electrons. The van der Waals surface area contributed by atoms with Crippen LogP contribution in [-0.2, 0) is 19.1 Å². The molecule has 0 fully saturated rings. The number of esters is 2. The molecule has 0 spiro atoms. The second-order valence-corrected chi connectivity index (χ2v) is 4.70. The Morgan fingerprint density at radius 1 is 0.952 bits per heavy atom. The van der Waals surface area contributed by atoms with Gasteiger partial charge in [-0.25, -0.2) is 9.59 Å². The van der Waals surface area contributed by atoms with Crippen molar-refractivity contribution < 1.29 is 19.1 Å². The van der Waals surface area contributed by atoms with Crippen molar-refractivity contribution in [1.29, 1.82) is 0 Å². The fourth-order valence-corrected chi connectivity index (χ4v) is 1.22. The zero-order valence-corrected chi connectivity index (χ0v) is 13.8. The van der Waals surface area contributed by atoms with Gasteiger partial charge in [0, 0.05) is 11.6 Å².